The third-order valence-corrected chi connectivity index (χ3v) is 4.51. The van der Waals surface area contributed by atoms with Crippen LogP contribution in [-0.2, 0) is 12.5 Å². The van der Waals surface area contributed by atoms with E-state index in [1.807, 2.05) is 0 Å². The van der Waals surface area contributed by atoms with Crippen LogP contribution in [0.1, 0.15) is 36.7 Å². The van der Waals surface area contributed by atoms with Crippen molar-refractivity contribution in [1.82, 2.24) is 19.7 Å². The molecule has 0 bridgehead atoms. The van der Waals surface area contributed by atoms with Gasteiger partial charge in [-0.05, 0) is 24.6 Å². The molecule has 10 heteroatoms. The number of nitrogens with one attached hydrogen (secondary N) is 1. The highest BCUT2D eigenvalue weighted by atomic mass is 19.3. The predicted molar refractivity (Wildman–Crippen MR) is 98.2 cm³/mol. The van der Waals surface area contributed by atoms with Crippen LogP contribution in [0.4, 0.5) is 19.1 Å². The molecule has 2 aromatic heterocycles. The number of anilines is 1. The number of aromatic amines is 1. The van der Waals surface area contributed by atoms with Gasteiger partial charge in [-0.1, -0.05) is 6.07 Å². The average Bonchev–Trinajstić information content (AvgIpc) is 2.99. The minimum atomic E-state index is -3.30. The van der Waals surface area contributed by atoms with Crippen LogP contribution in [0.5, 0.6) is 0 Å². The zero-order chi connectivity index (χ0) is 20.8. The number of nitrogens with zero attached hydrogens (tertiary/aromatic N) is 4. The lowest BCUT2D eigenvalue weighted by Crippen LogP contribution is -2.20. The lowest BCUT2D eigenvalue weighted by atomic mass is 10.0. The summed E-state index contributed by atoms with van der Waals surface area (Å²) < 4.78 is 42.5. The van der Waals surface area contributed by atoms with Gasteiger partial charge in [-0.2, -0.15) is 10.1 Å². The Kier molecular flexibility index (Phi) is 4.92. The summed E-state index contributed by atoms with van der Waals surface area (Å²) in [5.41, 5.74) is -0.474. The summed E-state index contributed by atoms with van der Waals surface area (Å²) in [6, 6.07) is 2.81. The molecule has 0 radical (unpaired) electrons. The van der Waals surface area contributed by atoms with Crippen LogP contribution >= 0.6 is 0 Å². The fourth-order valence-electron chi connectivity index (χ4n) is 2.98. The number of fused-ring (bicyclic) bond motifs is 1. The number of hydrogen-bond acceptors (Lipinski definition) is 5. The zero-order valence-electron chi connectivity index (χ0n) is 15.8. The quantitative estimate of drug-likeness (QED) is 0.693. The Labute approximate surface area is 158 Å². The first-order valence-corrected chi connectivity index (χ1v) is 8.52. The normalized spacial score (nSPS) is 13.1. The molecule has 28 heavy (non-hydrogen) atoms. The summed E-state index contributed by atoms with van der Waals surface area (Å²) in [5.74, 6) is -4.05. The zero-order valence-corrected chi connectivity index (χ0v) is 15.8. The maximum Gasteiger partial charge on any atom is 0.273 e. The maximum atomic E-state index is 14.2. The van der Waals surface area contributed by atoms with E-state index in [9.17, 15) is 23.1 Å². The van der Waals surface area contributed by atoms with Crippen LogP contribution in [0.25, 0.3) is 11.0 Å². The second kappa shape index (κ2) is 6.93. The topological polar surface area (TPSA) is 87.0 Å². The Morgan fingerprint density at radius 2 is 2.04 bits per heavy atom. The van der Waals surface area contributed by atoms with Crippen LogP contribution in [0.2, 0.25) is 0 Å². The van der Waals surface area contributed by atoms with Crippen molar-refractivity contribution in [3.63, 3.8) is 0 Å². The van der Waals surface area contributed by atoms with E-state index in [0.717, 1.165) is 12.1 Å². The van der Waals surface area contributed by atoms with E-state index in [0.29, 0.717) is 12.5 Å². The summed E-state index contributed by atoms with van der Waals surface area (Å²) in [7, 11) is 3.39. The van der Waals surface area contributed by atoms with E-state index in [1.165, 1.54) is 10.7 Å². The van der Waals surface area contributed by atoms with Gasteiger partial charge in [0.25, 0.3) is 11.5 Å². The molecule has 2 heterocycles. The average molecular weight is 395 g/mol. The smallest absolute Gasteiger partial charge is 0.273 e. The second-order valence-electron chi connectivity index (χ2n) is 6.84. The predicted octanol–water partition coefficient (Wildman–Crippen LogP) is 2.54. The number of H-pyrrole nitrogens is 1. The van der Waals surface area contributed by atoms with Gasteiger partial charge in [0.2, 0.25) is 5.95 Å². The van der Waals surface area contributed by atoms with Crippen molar-refractivity contribution in [2.75, 3.05) is 19.0 Å². The highest BCUT2D eigenvalue weighted by Crippen LogP contribution is 2.32. The van der Waals surface area contributed by atoms with Crippen LogP contribution in [0.15, 0.2) is 23.0 Å². The molecule has 0 saturated carbocycles. The van der Waals surface area contributed by atoms with Crippen LogP contribution in [0, 0.1) is 5.82 Å². The van der Waals surface area contributed by atoms with Crippen molar-refractivity contribution >= 4 is 17.0 Å². The first-order chi connectivity index (χ1) is 13.0. The summed E-state index contributed by atoms with van der Waals surface area (Å²) in [6.07, 6.45) is 0. The Morgan fingerprint density at radius 1 is 1.36 bits per heavy atom. The van der Waals surface area contributed by atoms with Gasteiger partial charge in [0.05, 0.1) is 18.2 Å². The highest BCUT2D eigenvalue weighted by Gasteiger charge is 2.29. The molecule has 0 aliphatic heterocycles. The van der Waals surface area contributed by atoms with E-state index >= 15 is 0 Å². The molecule has 0 aliphatic rings. The third-order valence-electron chi connectivity index (χ3n) is 4.51. The first kappa shape index (κ1) is 19.9. The van der Waals surface area contributed by atoms with E-state index in [-0.39, 0.29) is 22.7 Å². The van der Waals surface area contributed by atoms with Crippen LogP contribution < -0.4 is 10.5 Å². The second-order valence-corrected chi connectivity index (χ2v) is 6.84. The molecule has 2 N–H and O–H groups in total. The summed E-state index contributed by atoms with van der Waals surface area (Å²) in [5, 5.41) is 13.9. The van der Waals surface area contributed by atoms with Gasteiger partial charge in [0.15, 0.2) is 5.65 Å². The molecule has 0 saturated heterocycles. The van der Waals surface area contributed by atoms with Gasteiger partial charge < -0.3 is 10.0 Å². The van der Waals surface area contributed by atoms with E-state index < -0.39 is 35.5 Å². The molecule has 0 aliphatic carbocycles. The number of halogens is 3. The number of aromatic nitrogens is 4. The molecular formula is C18H20F3N5O2. The van der Waals surface area contributed by atoms with Crippen LogP contribution in [0.3, 0.4) is 0 Å². The first-order valence-electron chi connectivity index (χ1n) is 8.52. The lowest BCUT2D eigenvalue weighted by molar-refractivity contribution is 0.0137. The Hall–Kier alpha value is -2.88. The molecule has 3 aromatic rings. The molecule has 0 amide bonds. The SMILES string of the molecule is C[C@H](c1ccc(C(C)(F)F)c(F)c1)n1nc(CO)c2c(=O)[nH]c(N(C)C)nc21. The van der Waals surface area contributed by atoms with Crippen molar-refractivity contribution < 1.29 is 18.3 Å². The summed E-state index contributed by atoms with van der Waals surface area (Å²) in [4.78, 5) is 21.0. The van der Waals surface area contributed by atoms with E-state index in [2.05, 4.69) is 15.1 Å². The number of rotatable bonds is 5. The minimum Gasteiger partial charge on any atom is -0.390 e. The number of benzene rings is 1. The van der Waals surface area contributed by atoms with E-state index in [1.54, 1.807) is 25.9 Å². The molecule has 7 nitrogen and oxygen atoms in total. The fraction of sp³-hybridized carbons (Fsp3) is 0.389. The molecule has 0 fully saturated rings. The van der Waals surface area contributed by atoms with Crippen molar-refractivity contribution in [2.45, 2.75) is 32.4 Å². The summed E-state index contributed by atoms with van der Waals surface area (Å²) in [6.45, 7) is 1.81. The van der Waals surface area contributed by atoms with Crippen molar-refractivity contribution in [3.05, 3.63) is 51.2 Å². The van der Waals surface area contributed by atoms with Crippen molar-refractivity contribution in [1.29, 1.82) is 0 Å². The molecule has 0 unspecified atom stereocenters. The Bertz CT molecular complexity index is 1090. The molecule has 150 valence electrons. The molecule has 1 aromatic carbocycles. The van der Waals surface area contributed by atoms with Crippen molar-refractivity contribution in [3.8, 4) is 0 Å². The Balaban J connectivity index is 2.18. The Morgan fingerprint density at radius 3 is 2.57 bits per heavy atom. The number of aliphatic hydroxyl groups is 1. The number of alkyl halides is 2. The monoisotopic (exact) mass is 395 g/mol. The maximum absolute atomic E-state index is 14.2. The molecular weight excluding hydrogens is 375 g/mol. The number of hydrogen-bond donors (Lipinski definition) is 2. The third kappa shape index (κ3) is 3.35. The van der Waals surface area contributed by atoms with Crippen molar-refractivity contribution in [2.24, 2.45) is 0 Å². The molecule has 0 spiro atoms. The highest BCUT2D eigenvalue weighted by molar-refractivity contribution is 5.78. The summed E-state index contributed by atoms with van der Waals surface area (Å²) >= 11 is 0. The van der Waals surface area contributed by atoms with Gasteiger partial charge in [0, 0.05) is 21.0 Å². The van der Waals surface area contributed by atoms with Crippen LogP contribution in [-0.4, -0.2) is 39.0 Å². The number of aliphatic hydroxyl groups excluding tert-OH is 1. The van der Waals surface area contributed by atoms with Gasteiger partial charge in [0.1, 0.15) is 16.9 Å². The van der Waals surface area contributed by atoms with Gasteiger partial charge in [-0.3, -0.25) is 9.78 Å². The minimum absolute atomic E-state index is 0.122. The van der Waals surface area contributed by atoms with Gasteiger partial charge >= 0.3 is 0 Å². The van der Waals surface area contributed by atoms with Gasteiger partial charge in [-0.25, -0.2) is 17.9 Å². The van der Waals surface area contributed by atoms with Gasteiger partial charge in [-0.15, -0.1) is 0 Å². The van der Waals surface area contributed by atoms with E-state index in [4.69, 9.17) is 0 Å². The molecule has 1 atom stereocenters. The standard InChI is InChI=1S/C18H20F3N5O2/c1-9(10-5-6-11(12(19)7-10)18(2,20)21)26-15-14(13(8-27)24-26)16(28)23-17(22-15)25(3)4/h5-7,9,27H,8H2,1-4H3,(H,22,23,28)/t9-/m1/s1. The molecule has 3 rings (SSSR count). The lowest BCUT2D eigenvalue weighted by Gasteiger charge is -2.17. The largest absolute Gasteiger partial charge is 0.390 e. The fourth-order valence-corrected chi connectivity index (χ4v) is 2.98.